The number of guanidine groups is 1. The first-order chi connectivity index (χ1) is 15.2. The third kappa shape index (κ3) is 5.31. The second-order valence-electron chi connectivity index (χ2n) is 8.06. The van der Waals surface area contributed by atoms with Crippen molar-refractivity contribution in [3.05, 3.63) is 41.3 Å². The van der Waals surface area contributed by atoms with Gasteiger partial charge in [0.2, 0.25) is 0 Å². The van der Waals surface area contributed by atoms with Crippen LogP contribution in [-0.2, 0) is 19.5 Å². The third-order valence-electron chi connectivity index (χ3n) is 5.66. The van der Waals surface area contributed by atoms with Gasteiger partial charge in [0, 0.05) is 62.9 Å². The van der Waals surface area contributed by atoms with Gasteiger partial charge >= 0.3 is 0 Å². The normalized spacial score (nSPS) is 19.3. The van der Waals surface area contributed by atoms with Gasteiger partial charge in [0.1, 0.15) is 23.9 Å². The summed E-state index contributed by atoms with van der Waals surface area (Å²) in [6, 6.07) is 6.16. The van der Waals surface area contributed by atoms with Gasteiger partial charge in [0.05, 0.1) is 18.8 Å². The summed E-state index contributed by atoms with van der Waals surface area (Å²) in [7, 11) is 0. The first-order valence-electron chi connectivity index (χ1n) is 11.3. The highest BCUT2D eigenvalue weighted by molar-refractivity contribution is 5.80. The zero-order valence-electron chi connectivity index (χ0n) is 18.8. The molecule has 8 heteroatoms. The van der Waals surface area contributed by atoms with Crippen LogP contribution in [0.5, 0.6) is 11.5 Å². The lowest BCUT2D eigenvalue weighted by Crippen LogP contribution is -2.52. The summed E-state index contributed by atoms with van der Waals surface area (Å²) in [6.07, 6.45) is 2.78. The number of aromatic nitrogens is 1. The molecule has 0 spiro atoms. The molecule has 1 aromatic heterocycles. The first kappa shape index (κ1) is 21.5. The van der Waals surface area contributed by atoms with E-state index in [1.54, 1.807) is 6.26 Å². The van der Waals surface area contributed by atoms with E-state index in [1.807, 2.05) is 13.0 Å². The second kappa shape index (κ2) is 10.0. The zero-order chi connectivity index (χ0) is 21.6. The molecule has 168 valence electrons. The molecule has 1 aromatic carbocycles. The van der Waals surface area contributed by atoms with Crippen LogP contribution < -0.4 is 14.8 Å². The van der Waals surface area contributed by atoms with E-state index in [0.717, 1.165) is 74.4 Å². The number of piperazine rings is 1. The largest absolute Gasteiger partial charge is 0.494 e. The lowest BCUT2D eigenvalue weighted by Gasteiger charge is -2.36. The van der Waals surface area contributed by atoms with Crippen LogP contribution in [-0.4, -0.2) is 66.4 Å². The van der Waals surface area contributed by atoms with Crippen LogP contribution in [0.25, 0.3) is 0 Å². The van der Waals surface area contributed by atoms with Crippen molar-refractivity contribution >= 4 is 5.96 Å². The standard InChI is InChI=1S/C23H33N5O3/c1-4-24-23(28-9-7-27(8-10-28)16-20-6-11-30-26-20)25-15-19-14-22-18(12-17(3)31-22)13-21(19)29-5-2/h6,11,13-14,17H,4-5,7-10,12,15-16H2,1-3H3,(H,24,25). The summed E-state index contributed by atoms with van der Waals surface area (Å²) in [6.45, 7) is 12.8. The lowest BCUT2D eigenvalue weighted by atomic mass is 10.1. The van der Waals surface area contributed by atoms with Crippen LogP contribution in [0.3, 0.4) is 0 Å². The number of hydrogen-bond donors (Lipinski definition) is 1. The van der Waals surface area contributed by atoms with E-state index in [9.17, 15) is 0 Å². The molecule has 1 fully saturated rings. The molecule has 2 aliphatic heterocycles. The Balaban J connectivity index is 1.43. The van der Waals surface area contributed by atoms with E-state index in [0.29, 0.717) is 13.2 Å². The number of hydrogen-bond acceptors (Lipinski definition) is 6. The number of nitrogens with zero attached hydrogens (tertiary/aromatic N) is 4. The number of benzene rings is 1. The second-order valence-corrected chi connectivity index (χ2v) is 8.06. The van der Waals surface area contributed by atoms with Crippen LogP contribution in [0.1, 0.15) is 37.6 Å². The molecule has 31 heavy (non-hydrogen) atoms. The Morgan fingerprint density at radius 2 is 2.10 bits per heavy atom. The molecule has 0 bridgehead atoms. The monoisotopic (exact) mass is 427 g/mol. The van der Waals surface area contributed by atoms with Gasteiger partial charge in [-0.2, -0.15) is 0 Å². The van der Waals surface area contributed by atoms with E-state index >= 15 is 0 Å². The molecule has 2 aliphatic rings. The van der Waals surface area contributed by atoms with Crippen molar-refractivity contribution in [2.45, 2.75) is 46.4 Å². The first-order valence-corrected chi connectivity index (χ1v) is 11.3. The van der Waals surface area contributed by atoms with Crippen molar-refractivity contribution in [1.29, 1.82) is 0 Å². The minimum atomic E-state index is 0.217. The van der Waals surface area contributed by atoms with Gasteiger partial charge in [0.15, 0.2) is 5.96 Å². The average molecular weight is 428 g/mol. The van der Waals surface area contributed by atoms with Gasteiger partial charge in [-0.05, 0) is 32.9 Å². The number of aliphatic imine (C=N–C) groups is 1. The number of ether oxygens (including phenoxy) is 2. The third-order valence-corrected chi connectivity index (χ3v) is 5.66. The van der Waals surface area contributed by atoms with E-state index in [2.05, 4.69) is 46.3 Å². The molecule has 0 saturated carbocycles. The maximum absolute atomic E-state index is 5.96. The molecule has 0 radical (unpaired) electrons. The summed E-state index contributed by atoms with van der Waals surface area (Å²) in [5.74, 6) is 2.82. The smallest absolute Gasteiger partial charge is 0.194 e. The minimum absolute atomic E-state index is 0.217. The number of fused-ring (bicyclic) bond motifs is 1. The highest BCUT2D eigenvalue weighted by Gasteiger charge is 2.23. The SMILES string of the molecule is CCNC(=NCc1cc2c(cc1OCC)CC(C)O2)N1CCN(Cc2ccon2)CC1. The van der Waals surface area contributed by atoms with Crippen molar-refractivity contribution in [3.8, 4) is 11.5 Å². The van der Waals surface area contributed by atoms with Crippen molar-refractivity contribution in [3.63, 3.8) is 0 Å². The topological polar surface area (TPSA) is 75.4 Å². The Kier molecular flexibility index (Phi) is 6.96. The summed E-state index contributed by atoms with van der Waals surface area (Å²) in [5.41, 5.74) is 3.26. The minimum Gasteiger partial charge on any atom is -0.494 e. The molecule has 1 saturated heterocycles. The maximum Gasteiger partial charge on any atom is 0.194 e. The zero-order valence-corrected chi connectivity index (χ0v) is 18.8. The fourth-order valence-corrected chi connectivity index (χ4v) is 4.15. The average Bonchev–Trinajstić information content (AvgIpc) is 3.40. The molecule has 1 atom stereocenters. The molecule has 1 unspecified atom stereocenters. The maximum atomic E-state index is 5.96. The highest BCUT2D eigenvalue weighted by atomic mass is 16.5. The van der Waals surface area contributed by atoms with Crippen molar-refractivity contribution < 1.29 is 14.0 Å². The molecule has 1 N–H and O–H groups in total. The summed E-state index contributed by atoms with van der Waals surface area (Å²) in [4.78, 5) is 9.67. The van der Waals surface area contributed by atoms with E-state index in [-0.39, 0.29) is 6.10 Å². The van der Waals surface area contributed by atoms with Crippen LogP contribution in [0.4, 0.5) is 0 Å². The van der Waals surface area contributed by atoms with E-state index in [4.69, 9.17) is 19.0 Å². The van der Waals surface area contributed by atoms with Gasteiger partial charge in [-0.1, -0.05) is 5.16 Å². The lowest BCUT2D eigenvalue weighted by molar-refractivity contribution is 0.169. The fraction of sp³-hybridized carbons (Fsp3) is 0.565. The Bertz CT molecular complexity index is 876. The molecular weight excluding hydrogens is 394 g/mol. The predicted octanol–water partition coefficient (Wildman–Crippen LogP) is 2.68. The van der Waals surface area contributed by atoms with Crippen molar-refractivity contribution in [2.75, 3.05) is 39.3 Å². The summed E-state index contributed by atoms with van der Waals surface area (Å²) < 4.78 is 16.8. The van der Waals surface area contributed by atoms with Gasteiger partial charge in [-0.25, -0.2) is 4.99 Å². The highest BCUT2D eigenvalue weighted by Crippen LogP contribution is 2.35. The Morgan fingerprint density at radius 1 is 1.26 bits per heavy atom. The van der Waals surface area contributed by atoms with Crippen LogP contribution in [0, 0.1) is 0 Å². The van der Waals surface area contributed by atoms with Crippen LogP contribution in [0.2, 0.25) is 0 Å². The van der Waals surface area contributed by atoms with Gasteiger partial charge in [-0.3, -0.25) is 4.90 Å². The summed E-state index contributed by atoms with van der Waals surface area (Å²) in [5, 5.41) is 7.47. The molecular formula is C23H33N5O3. The van der Waals surface area contributed by atoms with Crippen molar-refractivity contribution in [2.24, 2.45) is 4.99 Å². The molecule has 3 heterocycles. The molecule has 4 rings (SSSR count). The quantitative estimate of drug-likeness (QED) is 0.538. The Hall–Kier alpha value is -2.74. The van der Waals surface area contributed by atoms with Gasteiger partial charge in [0.25, 0.3) is 0 Å². The summed E-state index contributed by atoms with van der Waals surface area (Å²) >= 11 is 0. The number of nitrogens with one attached hydrogen (secondary N) is 1. The Labute approximate surface area is 184 Å². The molecule has 8 nitrogen and oxygen atoms in total. The molecule has 2 aromatic rings. The predicted molar refractivity (Wildman–Crippen MR) is 120 cm³/mol. The van der Waals surface area contributed by atoms with E-state index < -0.39 is 0 Å². The number of rotatable bonds is 7. The molecule has 0 amide bonds. The van der Waals surface area contributed by atoms with E-state index in [1.165, 1.54) is 5.56 Å². The van der Waals surface area contributed by atoms with Crippen molar-refractivity contribution in [1.82, 2.24) is 20.3 Å². The van der Waals surface area contributed by atoms with Gasteiger partial charge in [-0.15, -0.1) is 0 Å². The van der Waals surface area contributed by atoms with Gasteiger partial charge < -0.3 is 24.2 Å². The van der Waals surface area contributed by atoms with Crippen LogP contribution in [0.15, 0.2) is 34.0 Å². The fourth-order valence-electron chi connectivity index (χ4n) is 4.15. The Morgan fingerprint density at radius 3 is 2.81 bits per heavy atom. The van der Waals surface area contributed by atoms with Crippen LogP contribution >= 0.6 is 0 Å². The molecule has 0 aliphatic carbocycles.